The van der Waals surface area contributed by atoms with E-state index in [0.29, 0.717) is 57.1 Å². The number of amides is 2. The Hall–Kier alpha value is -3.54. The fourth-order valence-electron chi connectivity index (χ4n) is 5.46. The summed E-state index contributed by atoms with van der Waals surface area (Å²) in [6.07, 6.45) is 1.18. The Kier molecular flexibility index (Phi) is 8.15. The van der Waals surface area contributed by atoms with E-state index in [0.717, 1.165) is 44.2 Å². The summed E-state index contributed by atoms with van der Waals surface area (Å²) in [7, 11) is 0. The molecule has 0 unspecified atom stereocenters. The summed E-state index contributed by atoms with van der Waals surface area (Å²) >= 11 is 24.5. The van der Waals surface area contributed by atoms with E-state index in [2.05, 4.69) is 16.7 Å². The molecule has 0 aliphatic heterocycles. The third-order valence-corrected chi connectivity index (χ3v) is 8.71. The summed E-state index contributed by atoms with van der Waals surface area (Å²) in [5.41, 5.74) is 7.07. The minimum absolute atomic E-state index is 0.152. The smallest absolute Gasteiger partial charge is 0.251 e. The Morgan fingerprint density at radius 1 is 0.571 bits per heavy atom. The number of hydrogen-bond acceptors (Lipinski definition) is 2. The highest BCUT2D eigenvalue weighted by atomic mass is 35.5. The van der Waals surface area contributed by atoms with E-state index in [4.69, 9.17) is 46.4 Å². The van der Waals surface area contributed by atoms with Crippen LogP contribution in [0, 0.1) is 0 Å². The van der Waals surface area contributed by atoms with Crippen molar-refractivity contribution < 1.29 is 9.59 Å². The molecule has 1 aliphatic rings. The van der Waals surface area contributed by atoms with Gasteiger partial charge in [0.2, 0.25) is 0 Å². The summed E-state index contributed by atoms with van der Waals surface area (Å²) in [5.74, 6) is -0.313. The highest BCUT2D eigenvalue weighted by Crippen LogP contribution is 2.48. The predicted octanol–water partition coefficient (Wildman–Crippen LogP) is 9.05. The van der Waals surface area contributed by atoms with Crippen LogP contribution in [0.15, 0.2) is 84.9 Å². The van der Waals surface area contributed by atoms with E-state index in [1.54, 1.807) is 24.3 Å². The van der Waals surface area contributed by atoms with Crippen molar-refractivity contribution >= 4 is 69.0 Å². The molecule has 6 rings (SSSR count). The third kappa shape index (κ3) is 5.60. The predicted molar refractivity (Wildman–Crippen MR) is 173 cm³/mol. The van der Waals surface area contributed by atoms with Crippen LogP contribution in [-0.2, 0) is 12.8 Å². The van der Waals surface area contributed by atoms with Gasteiger partial charge in [0.05, 0.1) is 0 Å². The first-order chi connectivity index (χ1) is 20.3. The summed E-state index contributed by atoms with van der Waals surface area (Å²) in [4.78, 5) is 26.3. The average Bonchev–Trinajstić information content (AvgIpc) is 3.30. The van der Waals surface area contributed by atoms with E-state index >= 15 is 0 Å². The minimum Gasteiger partial charge on any atom is -0.352 e. The number of rotatable bonds is 8. The SMILES string of the molecule is O=C(NCCc1ccc(Cl)cc1Cl)c1ccc2c(c1)-c1ccc(C(=O)NCCc3ccc(Cl)cc3Cl)c3cccc-2c13. The molecule has 8 heteroatoms. The lowest BCUT2D eigenvalue weighted by molar-refractivity contribution is 0.0946. The summed E-state index contributed by atoms with van der Waals surface area (Å²) in [6, 6.07) is 26.3. The Balaban J connectivity index is 1.19. The molecular formula is C34H24Cl4N2O2. The van der Waals surface area contributed by atoms with Crippen molar-refractivity contribution in [2.45, 2.75) is 12.8 Å². The number of carbonyl (C=O) groups excluding carboxylic acids is 2. The highest BCUT2D eigenvalue weighted by molar-refractivity contribution is 6.35. The van der Waals surface area contributed by atoms with Gasteiger partial charge < -0.3 is 10.6 Å². The van der Waals surface area contributed by atoms with Gasteiger partial charge in [0, 0.05) is 44.3 Å². The van der Waals surface area contributed by atoms with Crippen LogP contribution in [0.2, 0.25) is 20.1 Å². The molecule has 2 N–H and O–H groups in total. The van der Waals surface area contributed by atoms with Gasteiger partial charge in [-0.05, 0) is 99.5 Å². The zero-order valence-corrected chi connectivity index (χ0v) is 25.3. The first kappa shape index (κ1) is 28.6. The second kappa shape index (κ2) is 12.0. The number of hydrogen-bond donors (Lipinski definition) is 2. The maximum Gasteiger partial charge on any atom is 0.251 e. The number of benzene rings is 5. The first-order valence-corrected chi connectivity index (χ1v) is 15.0. The van der Waals surface area contributed by atoms with Crippen molar-refractivity contribution in [3.05, 3.63) is 127 Å². The molecule has 0 radical (unpaired) electrons. The van der Waals surface area contributed by atoms with Crippen molar-refractivity contribution in [1.29, 1.82) is 0 Å². The molecule has 0 atom stereocenters. The molecule has 1 aliphatic carbocycles. The topological polar surface area (TPSA) is 58.2 Å². The first-order valence-electron chi connectivity index (χ1n) is 13.4. The van der Waals surface area contributed by atoms with Crippen LogP contribution in [0.5, 0.6) is 0 Å². The molecule has 0 bridgehead atoms. The quantitative estimate of drug-likeness (QED) is 0.176. The minimum atomic E-state index is -0.160. The Labute approximate surface area is 263 Å². The summed E-state index contributed by atoms with van der Waals surface area (Å²) in [6.45, 7) is 0.877. The Morgan fingerprint density at radius 2 is 1.17 bits per heavy atom. The van der Waals surface area contributed by atoms with Crippen LogP contribution >= 0.6 is 46.4 Å². The fraction of sp³-hybridized carbons (Fsp3) is 0.118. The van der Waals surface area contributed by atoms with Gasteiger partial charge in [-0.15, -0.1) is 0 Å². The lowest BCUT2D eigenvalue weighted by atomic mass is 9.98. The molecule has 0 fully saturated rings. The zero-order chi connectivity index (χ0) is 29.4. The Bertz CT molecular complexity index is 1890. The molecule has 0 spiro atoms. The van der Waals surface area contributed by atoms with Crippen LogP contribution in [0.25, 0.3) is 33.0 Å². The van der Waals surface area contributed by atoms with Gasteiger partial charge in [0.15, 0.2) is 0 Å². The Morgan fingerprint density at radius 3 is 1.81 bits per heavy atom. The monoisotopic (exact) mass is 632 g/mol. The van der Waals surface area contributed by atoms with Gasteiger partial charge in [-0.1, -0.05) is 88.9 Å². The lowest BCUT2D eigenvalue weighted by Crippen LogP contribution is -2.26. The summed E-state index contributed by atoms with van der Waals surface area (Å²) in [5, 5.41) is 10.2. The van der Waals surface area contributed by atoms with Crippen LogP contribution in [0.1, 0.15) is 31.8 Å². The van der Waals surface area contributed by atoms with Crippen molar-refractivity contribution in [2.24, 2.45) is 0 Å². The molecular weight excluding hydrogens is 610 g/mol. The number of carbonyl (C=O) groups is 2. The van der Waals surface area contributed by atoms with Gasteiger partial charge in [0.25, 0.3) is 11.8 Å². The molecule has 0 aromatic heterocycles. The summed E-state index contributed by atoms with van der Waals surface area (Å²) < 4.78 is 0. The molecule has 4 nitrogen and oxygen atoms in total. The molecule has 0 saturated carbocycles. The number of halogens is 4. The largest absolute Gasteiger partial charge is 0.352 e. The molecule has 0 heterocycles. The van der Waals surface area contributed by atoms with Crippen LogP contribution < -0.4 is 10.6 Å². The maximum atomic E-state index is 13.3. The van der Waals surface area contributed by atoms with Crippen LogP contribution in [0.4, 0.5) is 0 Å². The molecule has 42 heavy (non-hydrogen) atoms. The maximum absolute atomic E-state index is 13.3. The normalized spacial score (nSPS) is 11.4. The fourth-order valence-corrected chi connectivity index (χ4v) is 6.47. The van der Waals surface area contributed by atoms with Crippen molar-refractivity contribution in [3.63, 3.8) is 0 Å². The second-order valence-electron chi connectivity index (χ2n) is 10.1. The number of nitrogens with one attached hydrogen (secondary N) is 2. The lowest BCUT2D eigenvalue weighted by Gasteiger charge is -2.11. The van der Waals surface area contributed by atoms with Crippen molar-refractivity contribution in [1.82, 2.24) is 10.6 Å². The van der Waals surface area contributed by atoms with Gasteiger partial charge in [-0.3, -0.25) is 9.59 Å². The zero-order valence-electron chi connectivity index (χ0n) is 22.2. The molecule has 2 amide bonds. The average molecular weight is 634 g/mol. The van der Waals surface area contributed by atoms with Gasteiger partial charge in [-0.2, -0.15) is 0 Å². The van der Waals surface area contributed by atoms with E-state index in [-0.39, 0.29) is 11.8 Å². The van der Waals surface area contributed by atoms with Gasteiger partial charge in [-0.25, -0.2) is 0 Å². The molecule has 5 aromatic carbocycles. The van der Waals surface area contributed by atoms with Crippen LogP contribution in [-0.4, -0.2) is 24.9 Å². The molecule has 210 valence electrons. The third-order valence-electron chi connectivity index (χ3n) is 7.54. The molecule has 0 saturated heterocycles. The van der Waals surface area contributed by atoms with Crippen LogP contribution in [0.3, 0.4) is 0 Å². The molecule has 5 aromatic rings. The van der Waals surface area contributed by atoms with Crippen molar-refractivity contribution in [3.8, 4) is 22.3 Å². The van der Waals surface area contributed by atoms with Crippen molar-refractivity contribution in [2.75, 3.05) is 13.1 Å². The standard InChI is InChI=1S/C34H24Cl4N2O2/c35-22-7-4-19(30(37)17-22)12-14-39-33(41)21-6-9-24-25-2-1-3-26-28(11-10-27(32(25)26)29(24)16-21)34(42)40-15-13-20-5-8-23(36)18-31(20)38/h1-11,16-18H,12-15H2,(H,39,41)(H,40,42). The van der Waals surface area contributed by atoms with E-state index in [1.807, 2.05) is 54.6 Å². The van der Waals surface area contributed by atoms with Gasteiger partial charge in [0.1, 0.15) is 0 Å². The highest BCUT2D eigenvalue weighted by Gasteiger charge is 2.25. The van der Waals surface area contributed by atoms with Gasteiger partial charge >= 0.3 is 0 Å². The second-order valence-corrected chi connectivity index (χ2v) is 11.8. The number of fused-ring (bicyclic) bond motifs is 3. The van der Waals surface area contributed by atoms with E-state index in [1.165, 1.54) is 0 Å². The van der Waals surface area contributed by atoms with E-state index < -0.39 is 0 Å². The van der Waals surface area contributed by atoms with E-state index in [9.17, 15) is 9.59 Å².